The number of carbonyl (C=O) groups is 1. The van der Waals surface area contributed by atoms with E-state index in [2.05, 4.69) is 19.2 Å². The van der Waals surface area contributed by atoms with Crippen LogP contribution in [0.2, 0.25) is 5.02 Å². The van der Waals surface area contributed by atoms with E-state index in [1.807, 2.05) is 24.3 Å². The molecular weight excluding hydrogens is 284 g/mol. The third kappa shape index (κ3) is 3.56. The van der Waals surface area contributed by atoms with Crippen LogP contribution in [0, 0.1) is 0 Å². The number of carbonyl (C=O) groups excluding carboxylic acids is 1. The van der Waals surface area contributed by atoms with Crippen LogP contribution in [0.15, 0.2) is 42.5 Å². The fourth-order valence-corrected chi connectivity index (χ4v) is 2.26. The van der Waals surface area contributed by atoms with E-state index in [-0.39, 0.29) is 5.91 Å². The molecule has 0 spiro atoms. The van der Waals surface area contributed by atoms with Crippen LogP contribution in [0.25, 0.3) is 0 Å². The molecule has 2 aromatic rings. The van der Waals surface area contributed by atoms with E-state index in [0.717, 1.165) is 17.7 Å². The SMILES string of the molecule is CCC(C)c1ccccc1NC(=O)c1ccc(Cl)c(N)c1. The van der Waals surface area contributed by atoms with Crippen molar-refractivity contribution >= 4 is 28.9 Å². The third-order valence-electron chi connectivity index (χ3n) is 3.61. The molecule has 0 aliphatic heterocycles. The summed E-state index contributed by atoms with van der Waals surface area (Å²) in [7, 11) is 0. The Kier molecular flexibility index (Phi) is 4.86. The van der Waals surface area contributed by atoms with Gasteiger partial charge in [-0.2, -0.15) is 0 Å². The van der Waals surface area contributed by atoms with Crippen LogP contribution in [0.4, 0.5) is 11.4 Å². The second-order valence-electron chi connectivity index (χ2n) is 5.09. The standard InChI is InChI=1S/C17H19ClN2O/c1-3-11(2)13-6-4-5-7-16(13)20-17(21)12-8-9-14(18)15(19)10-12/h4-11H,3,19H2,1-2H3,(H,20,21). The quantitative estimate of drug-likeness (QED) is 0.805. The lowest BCUT2D eigenvalue weighted by molar-refractivity contribution is 0.102. The van der Waals surface area contributed by atoms with Crippen molar-refractivity contribution in [3.8, 4) is 0 Å². The molecule has 0 aromatic heterocycles. The minimum absolute atomic E-state index is 0.186. The number of halogens is 1. The Hall–Kier alpha value is -2.00. The first kappa shape index (κ1) is 15.4. The largest absolute Gasteiger partial charge is 0.398 e. The molecule has 0 bridgehead atoms. The summed E-state index contributed by atoms with van der Waals surface area (Å²) in [6.07, 6.45) is 1.01. The van der Waals surface area contributed by atoms with E-state index in [1.54, 1.807) is 18.2 Å². The van der Waals surface area contributed by atoms with Crippen LogP contribution < -0.4 is 11.1 Å². The third-order valence-corrected chi connectivity index (χ3v) is 3.95. The normalized spacial score (nSPS) is 12.0. The van der Waals surface area contributed by atoms with Gasteiger partial charge in [-0.25, -0.2) is 0 Å². The number of hydrogen-bond acceptors (Lipinski definition) is 2. The molecule has 3 nitrogen and oxygen atoms in total. The Bertz CT molecular complexity index is 655. The van der Waals surface area contributed by atoms with Gasteiger partial charge in [0.15, 0.2) is 0 Å². The summed E-state index contributed by atoms with van der Waals surface area (Å²) in [5.74, 6) is 0.200. The molecule has 21 heavy (non-hydrogen) atoms. The van der Waals surface area contributed by atoms with E-state index >= 15 is 0 Å². The fraction of sp³-hybridized carbons (Fsp3) is 0.235. The zero-order valence-corrected chi connectivity index (χ0v) is 12.9. The Morgan fingerprint density at radius 1 is 1.29 bits per heavy atom. The highest BCUT2D eigenvalue weighted by atomic mass is 35.5. The summed E-state index contributed by atoms with van der Waals surface area (Å²) >= 11 is 5.87. The van der Waals surface area contributed by atoms with Gasteiger partial charge < -0.3 is 11.1 Å². The first-order chi connectivity index (χ1) is 10.0. The summed E-state index contributed by atoms with van der Waals surface area (Å²) in [5.41, 5.74) is 8.61. The van der Waals surface area contributed by atoms with Crippen LogP contribution in [0.1, 0.15) is 42.1 Å². The maximum atomic E-state index is 12.3. The topological polar surface area (TPSA) is 55.1 Å². The fourth-order valence-electron chi connectivity index (χ4n) is 2.14. The molecule has 0 heterocycles. The van der Waals surface area contributed by atoms with Gasteiger partial charge in [0, 0.05) is 11.3 Å². The van der Waals surface area contributed by atoms with E-state index < -0.39 is 0 Å². The lowest BCUT2D eigenvalue weighted by Gasteiger charge is -2.15. The number of nitrogen functional groups attached to an aromatic ring is 1. The van der Waals surface area contributed by atoms with Crippen molar-refractivity contribution in [2.24, 2.45) is 0 Å². The summed E-state index contributed by atoms with van der Waals surface area (Å²) in [6.45, 7) is 4.27. The minimum Gasteiger partial charge on any atom is -0.398 e. The Morgan fingerprint density at radius 3 is 2.67 bits per heavy atom. The van der Waals surface area contributed by atoms with Crippen molar-refractivity contribution < 1.29 is 4.79 Å². The number of anilines is 2. The predicted octanol–water partition coefficient (Wildman–Crippen LogP) is 4.69. The van der Waals surface area contributed by atoms with Gasteiger partial charge in [-0.05, 0) is 42.2 Å². The molecule has 4 heteroatoms. The summed E-state index contributed by atoms with van der Waals surface area (Å²) in [5, 5.41) is 3.40. The molecule has 1 amide bonds. The van der Waals surface area contributed by atoms with Crippen molar-refractivity contribution in [2.75, 3.05) is 11.1 Å². The second-order valence-corrected chi connectivity index (χ2v) is 5.49. The number of benzene rings is 2. The lowest BCUT2D eigenvalue weighted by atomic mass is 9.97. The monoisotopic (exact) mass is 302 g/mol. The minimum atomic E-state index is -0.186. The summed E-state index contributed by atoms with van der Waals surface area (Å²) < 4.78 is 0. The van der Waals surface area contributed by atoms with Gasteiger partial charge in [-0.3, -0.25) is 4.79 Å². The van der Waals surface area contributed by atoms with Crippen molar-refractivity contribution in [3.63, 3.8) is 0 Å². The molecule has 0 saturated heterocycles. The average Bonchev–Trinajstić information content (AvgIpc) is 2.49. The molecule has 0 aliphatic rings. The maximum absolute atomic E-state index is 12.3. The summed E-state index contributed by atoms with van der Waals surface area (Å²) in [6, 6.07) is 12.7. The van der Waals surface area contributed by atoms with Crippen molar-refractivity contribution in [1.29, 1.82) is 0 Å². The highest BCUT2D eigenvalue weighted by Gasteiger charge is 2.13. The molecule has 3 N–H and O–H groups in total. The van der Waals surface area contributed by atoms with Crippen molar-refractivity contribution in [1.82, 2.24) is 0 Å². The Balaban J connectivity index is 2.25. The van der Waals surface area contributed by atoms with Crippen molar-refractivity contribution in [3.05, 3.63) is 58.6 Å². The molecule has 2 aromatic carbocycles. The zero-order chi connectivity index (χ0) is 15.4. The average molecular weight is 303 g/mol. The number of nitrogens with two attached hydrogens (primary N) is 1. The maximum Gasteiger partial charge on any atom is 0.255 e. The second kappa shape index (κ2) is 6.64. The molecule has 0 radical (unpaired) electrons. The molecule has 110 valence electrons. The zero-order valence-electron chi connectivity index (χ0n) is 12.2. The van der Waals surface area contributed by atoms with Crippen LogP contribution in [-0.4, -0.2) is 5.91 Å². The molecule has 0 fully saturated rings. The lowest BCUT2D eigenvalue weighted by Crippen LogP contribution is -2.14. The van der Waals surface area contributed by atoms with Gasteiger partial charge in [0.25, 0.3) is 5.91 Å². The van der Waals surface area contributed by atoms with Crippen molar-refractivity contribution in [2.45, 2.75) is 26.2 Å². The van der Waals surface area contributed by atoms with Crippen LogP contribution in [0.5, 0.6) is 0 Å². The molecular formula is C17H19ClN2O. The Labute approximate surface area is 130 Å². The first-order valence-electron chi connectivity index (χ1n) is 6.98. The number of rotatable bonds is 4. The predicted molar refractivity (Wildman–Crippen MR) is 89.0 cm³/mol. The smallest absolute Gasteiger partial charge is 0.255 e. The van der Waals surface area contributed by atoms with Gasteiger partial charge in [0.05, 0.1) is 10.7 Å². The van der Waals surface area contributed by atoms with Crippen LogP contribution >= 0.6 is 11.6 Å². The molecule has 2 rings (SSSR count). The highest BCUT2D eigenvalue weighted by molar-refractivity contribution is 6.33. The van der Waals surface area contributed by atoms with Gasteiger partial charge in [-0.15, -0.1) is 0 Å². The van der Waals surface area contributed by atoms with Gasteiger partial charge in [0.2, 0.25) is 0 Å². The Morgan fingerprint density at radius 2 is 2.00 bits per heavy atom. The molecule has 1 atom stereocenters. The molecule has 0 saturated carbocycles. The van der Waals surface area contributed by atoms with E-state index in [0.29, 0.717) is 22.2 Å². The van der Waals surface area contributed by atoms with Gasteiger partial charge in [0.1, 0.15) is 0 Å². The van der Waals surface area contributed by atoms with E-state index in [1.165, 1.54) is 0 Å². The van der Waals surface area contributed by atoms with E-state index in [4.69, 9.17) is 17.3 Å². The molecule has 0 aliphatic carbocycles. The van der Waals surface area contributed by atoms with Gasteiger partial charge in [-0.1, -0.05) is 43.6 Å². The first-order valence-corrected chi connectivity index (χ1v) is 7.36. The van der Waals surface area contributed by atoms with Crippen LogP contribution in [-0.2, 0) is 0 Å². The molecule has 1 unspecified atom stereocenters. The van der Waals surface area contributed by atoms with Gasteiger partial charge >= 0.3 is 0 Å². The number of amides is 1. The number of nitrogens with one attached hydrogen (secondary N) is 1. The van der Waals surface area contributed by atoms with E-state index in [9.17, 15) is 4.79 Å². The van der Waals surface area contributed by atoms with Crippen LogP contribution in [0.3, 0.4) is 0 Å². The number of para-hydroxylation sites is 1. The highest BCUT2D eigenvalue weighted by Crippen LogP contribution is 2.27. The number of hydrogen-bond donors (Lipinski definition) is 2. The summed E-state index contributed by atoms with van der Waals surface area (Å²) in [4.78, 5) is 12.3.